The van der Waals surface area contributed by atoms with Crippen LogP contribution in [-0.2, 0) is 11.4 Å². The van der Waals surface area contributed by atoms with Gasteiger partial charge in [0.15, 0.2) is 16.7 Å². The third kappa shape index (κ3) is 6.14. The summed E-state index contributed by atoms with van der Waals surface area (Å²) in [5.74, 6) is 0.706. The highest BCUT2D eigenvalue weighted by Gasteiger charge is 2.24. The number of benzene rings is 4. The van der Waals surface area contributed by atoms with Crippen LogP contribution in [0.25, 0.3) is 16.8 Å². The summed E-state index contributed by atoms with van der Waals surface area (Å²) in [5, 5.41) is 5.56. The fourth-order valence-corrected chi connectivity index (χ4v) is 5.45. The Labute approximate surface area is 231 Å². The smallest absolute Gasteiger partial charge is 0.264 e. The lowest BCUT2D eigenvalue weighted by molar-refractivity contribution is -0.115. The van der Waals surface area contributed by atoms with Crippen molar-refractivity contribution in [3.05, 3.63) is 104 Å². The number of hydrogen-bond acceptors (Lipinski definition) is 5. The van der Waals surface area contributed by atoms with E-state index in [-0.39, 0.29) is 11.7 Å². The maximum atomic E-state index is 13.2. The number of thioether (sulfide) groups is 1. The van der Waals surface area contributed by atoms with Crippen molar-refractivity contribution in [1.29, 1.82) is 0 Å². The number of nitrogens with zero attached hydrogens (tertiary/aromatic N) is 1. The number of rotatable bonds is 7. The number of hydrogen-bond donors (Lipinski definition) is 1. The third-order valence-electron chi connectivity index (χ3n) is 5.53. The zero-order chi connectivity index (χ0) is 25.8. The summed E-state index contributed by atoms with van der Waals surface area (Å²) in [6.45, 7) is 2.80. The van der Waals surface area contributed by atoms with E-state index in [0.29, 0.717) is 40.5 Å². The van der Waals surface area contributed by atoms with Crippen molar-refractivity contribution in [1.82, 2.24) is 5.32 Å². The molecule has 0 aliphatic carbocycles. The summed E-state index contributed by atoms with van der Waals surface area (Å²) in [7, 11) is 0. The molecule has 1 saturated heterocycles. The fourth-order valence-electron chi connectivity index (χ4n) is 3.82. The largest absolute Gasteiger partial charge is 0.490 e. The second-order valence-electron chi connectivity index (χ2n) is 8.19. The SMILES string of the molecule is CCOc1cc(/C=C2\SC(=Nc3ccc(F)cc3)NC2=O)cc(I)c1OCc1ccc2ccccc2c1. The molecule has 0 unspecified atom stereocenters. The molecule has 1 aliphatic heterocycles. The number of nitrogens with one attached hydrogen (secondary N) is 1. The molecule has 0 bridgehead atoms. The molecule has 1 aliphatic rings. The quantitative estimate of drug-likeness (QED) is 0.172. The van der Waals surface area contributed by atoms with Gasteiger partial charge in [-0.1, -0.05) is 36.4 Å². The van der Waals surface area contributed by atoms with Crippen LogP contribution in [0.1, 0.15) is 18.1 Å². The molecule has 0 spiro atoms. The predicted molar refractivity (Wildman–Crippen MR) is 156 cm³/mol. The Hall–Kier alpha value is -3.37. The molecule has 5 nitrogen and oxygen atoms in total. The van der Waals surface area contributed by atoms with Crippen molar-refractivity contribution >= 4 is 68.0 Å². The standard InChI is InChI=1S/C29H22FIN2O3S/c1-2-35-25-15-19(16-26-28(34)33-29(37-26)32-23-11-9-22(30)10-12-23)14-24(31)27(25)36-17-18-7-8-20-5-3-4-6-21(20)13-18/h3-16H,2,17H2,1H3,(H,32,33,34)/b26-16-. The lowest BCUT2D eigenvalue weighted by Crippen LogP contribution is -2.19. The van der Waals surface area contributed by atoms with Crippen LogP contribution in [0.5, 0.6) is 11.5 Å². The fraction of sp³-hybridized carbons (Fsp3) is 0.103. The summed E-state index contributed by atoms with van der Waals surface area (Å²) in [6.07, 6.45) is 1.80. The lowest BCUT2D eigenvalue weighted by atomic mass is 10.1. The minimum atomic E-state index is -0.336. The number of carbonyl (C=O) groups excluding carboxylic acids is 1. The number of carbonyl (C=O) groups is 1. The number of halogens is 2. The molecule has 0 aromatic heterocycles. The first-order chi connectivity index (χ1) is 18.0. The Balaban J connectivity index is 1.36. The highest BCUT2D eigenvalue weighted by atomic mass is 127. The van der Waals surface area contributed by atoms with E-state index >= 15 is 0 Å². The topological polar surface area (TPSA) is 59.9 Å². The van der Waals surface area contributed by atoms with Crippen LogP contribution in [0.4, 0.5) is 10.1 Å². The van der Waals surface area contributed by atoms with Crippen molar-refractivity contribution in [3.8, 4) is 11.5 Å². The Morgan fingerprint density at radius 3 is 2.57 bits per heavy atom. The molecule has 0 radical (unpaired) electrons. The molecular weight excluding hydrogens is 602 g/mol. The monoisotopic (exact) mass is 624 g/mol. The summed E-state index contributed by atoms with van der Waals surface area (Å²) >= 11 is 3.46. The van der Waals surface area contributed by atoms with Crippen LogP contribution < -0.4 is 14.8 Å². The second-order valence-corrected chi connectivity index (χ2v) is 10.4. The van der Waals surface area contributed by atoms with Crippen molar-refractivity contribution in [3.63, 3.8) is 0 Å². The minimum Gasteiger partial charge on any atom is -0.490 e. The molecule has 5 rings (SSSR count). The van der Waals surface area contributed by atoms with Crippen LogP contribution >= 0.6 is 34.4 Å². The van der Waals surface area contributed by atoms with Gasteiger partial charge < -0.3 is 14.8 Å². The molecular formula is C29H22FIN2O3S. The number of fused-ring (bicyclic) bond motifs is 1. The summed E-state index contributed by atoms with van der Waals surface area (Å²) in [6, 6.07) is 24.1. The van der Waals surface area contributed by atoms with Gasteiger partial charge in [0, 0.05) is 0 Å². The highest BCUT2D eigenvalue weighted by molar-refractivity contribution is 14.1. The van der Waals surface area contributed by atoms with E-state index in [1.54, 1.807) is 18.2 Å². The van der Waals surface area contributed by atoms with Crippen molar-refractivity contribution < 1.29 is 18.7 Å². The van der Waals surface area contributed by atoms with E-state index in [1.165, 1.54) is 34.7 Å². The van der Waals surface area contributed by atoms with Gasteiger partial charge in [0.1, 0.15) is 12.4 Å². The minimum absolute atomic E-state index is 0.240. The van der Waals surface area contributed by atoms with Crippen molar-refractivity contribution in [2.75, 3.05) is 6.61 Å². The van der Waals surface area contributed by atoms with Crippen LogP contribution in [0.2, 0.25) is 0 Å². The van der Waals surface area contributed by atoms with Gasteiger partial charge >= 0.3 is 0 Å². The van der Waals surface area contributed by atoms with Crippen molar-refractivity contribution in [2.24, 2.45) is 4.99 Å². The van der Waals surface area contributed by atoms with Gasteiger partial charge in [-0.2, -0.15) is 0 Å². The van der Waals surface area contributed by atoms with Crippen molar-refractivity contribution in [2.45, 2.75) is 13.5 Å². The highest BCUT2D eigenvalue weighted by Crippen LogP contribution is 2.37. The van der Waals surface area contributed by atoms with E-state index in [9.17, 15) is 9.18 Å². The Kier molecular flexibility index (Phi) is 7.76. The van der Waals surface area contributed by atoms with E-state index in [4.69, 9.17) is 9.47 Å². The van der Waals surface area contributed by atoms with Gasteiger partial charge in [-0.05, 0) is 112 Å². The maximum absolute atomic E-state index is 13.2. The summed E-state index contributed by atoms with van der Waals surface area (Å²) in [4.78, 5) is 17.4. The number of amidine groups is 1. The van der Waals surface area contributed by atoms with Gasteiger partial charge in [-0.25, -0.2) is 9.38 Å². The first kappa shape index (κ1) is 25.3. The van der Waals surface area contributed by atoms with Gasteiger partial charge in [-0.15, -0.1) is 0 Å². The van der Waals surface area contributed by atoms with Crippen LogP contribution in [0.15, 0.2) is 88.8 Å². The first-order valence-electron chi connectivity index (χ1n) is 11.6. The molecule has 0 atom stereocenters. The van der Waals surface area contributed by atoms with E-state index < -0.39 is 0 Å². The number of ether oxygens (including phenoxy) is 2. The molecule has 1 fully saturated rings. The third-order valence-corrected chi connectivity index (χ3v) is 7.25. The van der Waals surface area contributed by atoms with E-state index in [2.05, 4.69) is 63.2 Å². The molecule has 1 N–H and O–H groups in total. The molecule has 4 aromatic rings. The number of aliphatic imine (C=N–C) groups is 1. The van der Waals surface area contributed by atoms with Gasteiger partial charge in [0.2, 0.25) is 0 Å². The number of amides is 1. The second kappa shape index (κ2) is 11.4. The van der Waals surface area contributed by atoms with E-state index in [0.717, 1.165) is 14.7 Å². The van der Waals surface area contributed by atoms with Crippen LogP contribution in [-0.4, -0.2) is 17.7 Å². The first-order valence-corrected chi connectivity index (χ1v) is 13.5. The molecule has 8 heteroatoms. The maximum Gasteiger partial charge on any atom is 0.264 e. The Morgan fingerprint density at radius 2 is 1.78 bits per heavy atom. The van der Waals surface area contributed by atoms with Crippen LogP contribution in [0.3, 0.4) is 0 Å². The average Bonchev–Trinajstić information content (AvgIpc) is 3.23. The molecule has 0 saturated carbocycles. The van der Waals surface area contributed by atoms with Gasteiger partial charge in [0.05, 0.1) is 20.8 Å². The van der Waals surface area contributed by atoms with Crippen LogP contribution in [0, 0.1) is 9.39 Å². The Morgan fingerprint density at radius 1 is 1.00 bits per heavy atom. The normalized spacial score (nSPS) is 15.4. The lowest BCUT2D eigenvalue weighted by Gasteiger charge is -2.15. The summed E-state index contributed by atoms with van der Waals surface area (Å²) < 4.78 is 26.1. The molecule has 1 heterocycles. The Bertz CT molecular complexity index is 1540. The molecule has 37 heavy (non-hydrogen) atoms. The predicted octanol–water partition coefficient (Wildman–Crippen LogP) is 7.45. The molecule has 4 aromatic carbocycles. The van der Waals surface area contributed by atoms with Gasteiger partial charge in [0.25, 0.3) is 5.91 Å². The molecule has 1 amide bonds. The zero-order valence-corrected chi connectivity index (χ0v) is 22.8. The summed E-state index contributed by atoms with van der Waals surface area (Å²) in [5.41, 5.74) is 2.44. The zero-order valence-electron chi connectivity index (χ0n) is 19.8. The molecule has 186 valence electrons. The van der Waals surface area contributed by atoms with Gasteiger partial charge in [-0.3, -0.25) is 4.79 Å². The average molecular weight is 624 g/mol. The van der Waals surface area contributed by atoms with E-state index in [1.807, 2.05) is 31.2 Å².